The predicted octanol–water partition coefficient (Wildman–Crippen LogP) is 5.13. The minimum absolute atomic E-state index is 0.114. The Bertz CT molecular complexity index is 600. The Hall–Kier alpha value is -0.830. The van der Waals surface area contributed by atoms with Crippen molar-refractivity contribution < 1.29 is 14.4 Å². The van der Waals surface area contributed by atoms with E-state index in [2.05, 4.69) is 50.2 Å². The maximum atomic E-state index is 11.9. The van der Waals surface area contributed by atoms with E-state index in [1.54, 1.807) is 7.05 Å². The molecule has 1 unspecified atom stereocenters. The summed E-state index contributed by atoms with van der Waals surface area (Å²) in [6.07, 6.45) is -0.623. The minimum Gasteiger partial charge on any atom is -0.361 e. The van der Waals surface area contributed by atoms with Crippen molar-refractivity contribution in [1.82, 2.24) is 4.31 Å². The highest BCUT2D eigenvalue weighted by Gasteiger charge is 2.21. The second-order valence-corrected chi connectivity index (χ2v) is 9.51. The van der Waals surface area contributed by atoms with Gasteiger partial charge < -0.3 is 4.74 Å². The van der Waals surface area contributed by atoms with Crippen molar-refractivity contribution in [2.45, 2.75) is 44.1 Å². The van der Waals surface area contributed by atoms with Crippen LogP contribution in [0.5, 0.6) is 0 Å². The quantitative estimate of drug-likeness (QED) is 0.309. The first-order valence-corrected chi connectivity index (χ1v) is 10.6. The van der Waals surface area contributed by atoms with Gasteiger partial charge in [0.05, 0.1) is 5.94 Å². The second kappa shape index (κ2) is 8.51. The van der Waals surface area contributed by atoms with Gasteiger partial charge in [0.15, 0.2) is 0 Å². The Morgan fingerprint density at radius 2 is 2.04 bits per heavy atom. The van der Waals surface area contributed by atoms with Gasteiger partial charge >= 0.3 is 6.09 Å². The van der Waals surface area contributed by atoms with Crippen LogP contribution in [-0.4, -0.2) is 34.5 Å². The number of oxime groups is 1. The summed E-state index contributed by atoms with van der Waals surface area (Å²) >= 11 is 1.44. The maximum Gasteiger partial charge on any atom is 0.446 e. The molecule has 1 aliphatic heterocycles. The highest BCUT2D eigenvalue weighted by atomic mass is 33.1. The molecule has 0 aliphatic carbocycles. The Morgan fingerprint density at radius 1 is 1.38 bits per heavy atom. The van der Waals surface area contributed by atoms with Crippen LogP contribution in [0.3, 0.4) is 0 Å². The van der Waals surface area contributed by atoms with E-state index in [1.165, 1.54) is 43.4 Å². The third-order valence-corrected chi connectivity index (χ3v) is 6.65. The number of amides is 1. The van der Waals surface area contributed by atoms with Gasteiger partial charge in [0.2, 0.25) is 0 Å². The SMILES string of the molecule is CC1OCSC1=NOC(=O)N(C)SSc1ccc(C(C)(C)C)cc1. The normalized spacial score (nSPS) is 19.5. The monoisotopic (exact) mass is 386 g/mol. The number of nitrogens with zero attached hydrogens (tertiary/aromatic N) is 2. The van der Waals surface area contributed by atoms with Crippen LogP contribution in [0.1, 0.15) is 33.3 Å². The number of rotatable bonds is 4. The van der Waals surface area contributed by atoms with Crippen molar-refractivity contribution in [2.75, 3.05) is 13.0 Å². The van der Waals surface area contributed by atoms with Crippen molar-refractivity contribution >= 4 is 44.7 Å². The van der Waals surface area contributed by atoms with Crippen LogP contribution in [0.25, 0.3) is 0 Å². The number of ether oxygens (including phenoxy) is 1. The third kappa shape index (κ3) is 5.61. The molecule has 2 rings (SSSR count). The molecule has 1 aliphatic rings. The molecule has 1 heterocycles. The Kier molecular flexibility index (Phi) is 6.91. The molecule has 132 valence electrons. The van der Waals surface area contributed by atoms with Gasteiger partial charge in [-0.2, -0.15) is 0 Å². The van der Waals surface area contributed by atoms with E-state index in [1.807, 2.05) is 6.92 Å². The van der Waals surface area contributed by atoms with Gasteiger partial charge in [-0.15, -0.1) is 0 Å². The summed E-state index contributed by atoms with van der Waals surface area (Å²) in [7, 11) is 4.46. The van der Waals surface area contributed by atoms with Gasteiger partial charge in [0.1, 0.15) is 11.1 Å². The molecular weight excluding hydrogens is 364 g/mol. The molecule has 24 heavy (non-hydrogen) atoms. The first-order valence-electron chi connectivity index (χ1n) is 7.49. The summed E-state index contributed by atoms with van der Waals surface area (Å²) in [4.78, 5) is 18.0. The average molecular weight is 387 g/mol. The molecule has 1 atom stereocenters. The van der Waals surface area contributed by atoms with Crippen molar-refractivity contribution in [2.24, 2.45) is 5.16 Å². The number of hydrogen-bond donors (Lipinski definition) is 0. The van der Waals surface area contributed by atoms with Gasteiger partial charge in [-0.05, 0) is 40.8 Å². The van der Waals surface area contributed by atoms with Crippen molar-refractivity contribution in [1.29, 1.82) is 0 Å². The summed E-state index contributed by atoms with van der Waals surface area (Å²) in [6, 6.07) is 8.36. The lowest BCUT2D eigenvalue weighted by molar-refractivity contribution is 0.132. The molecule has 1 fully saturated rings. The Morgan fingerprint density at radius 3 is 2.58 bits per heavy atom. The molecule has 8 heteroatoms. The molecule has 0 N–H and O–H groups in total. The second-order valence-electron chi connectivity index (χ2n) is 6.29. The largest absolute Gasteiger partial charge is 0.446 e. The molecule has 5 nitrogen and oxygen atoms in total. The number of carbonyl (C=O) groups excluding carboxylic acids is 1. The molecule has 1 aromatic rings. The zero-order valence-corrected chi connectivity index (χ0v) is 16.9. The van der Waals surface area contributed by atoms with E-state index in [0.717, 1.165) is 4.90 Å². The predicted molar refractivity (Wildman–Crippen MR) is 103 cm³/mol. The van der Waals surface area contributed by atoms with E-state index >= 15 is 0 Å². The van der Waals surface area contributed by atoms with E-state index in [-0.39, 0.29) is 11.5 Å². The average Bonchev–Trinajstić information content (AvgIpc) is 2.95. The lowest BCUT2D eigenvalue weighted by Crippen LogP contribution is -2.19. The number of carbonyl (C=O) groups is 1. The van der Waals surface area contributed by atoms with E-state index in [4.69, 9.17) is 9.57 Å². The minimum atomic E-state index is -0.508. The topological polar surface area (TPSA) is 51.1 Å². The number of benzene rings is 1. The van der Waals surface area contributed by atoms with Crippen LogP contribution < -0.4 is 0 Å². The van der Waals surface area contributed by atoms with Crippen LogP contribution in [0, 0.1) is 0 Å². The molecule has 0 aromatic heterocycles. The van der Waals surface area contributed by atoms with Crippen LogP contribution in [-0.2, 0) is 15.0 Å². The van der Waals surface area contributed by atoms with E-state index in [0.29, 0.717) is 11.0 Å². The molecule has 0 radical (unpaired) electrons. The van der Waals surface area contributed by atoms with Gasteiger partial charge in [0.25, 0.3) is 0 Å². The summed E-state index contributed by atoms with van der Waals surface area (Å²) in [6.45, 7) is 8.43. The molecule has 1 aromatic carbocycles. The third-order valence-electron chi connectivity index (χ3n) is 3.31. The summed E-state index contributed by atoms with van der Waals surface area (Å²) in [5.41, 5.74) is 1.42. The molecular formula is C16H22N2O3S3. The van der Waals surface area contributed by atoms with Crippen LogP contribution in [0.2, 0.25) is 0 Å². The molecule has 0 bridgehead atoms. The highest BCUT2D eigenvalue weighted by Crippen LogP contribution is 2.34. The van der Waals surface area contributed by atoms with Crippen LogP contribution >= 0.6 is 33.5 Å². The first-order chi connectivity index (χ1) is 11.3. The summed E-state index contributed by atoms with van der Waals surface area (Å²) in [5, 5.41) is 4.55. The number of hydrogen-bond acceptors (Lipinski definition) is 7. The fraction of sp³-hybridized carbons (Fsp3) is 0.500. The summed E-state index contributed by atoms with van der Waals surface area (Å²) in [5.74, 6) is 0.544. The molecule has 1 amide bonds. The zero-order chi connectivity index (χ0) is 17.7. The standard InChI is InChI=1S/C16H22N2O3S3/c1-11-14(22-10-20-11)17-21-15(19)18(5)24-23-13-8-6-12(7-9-13)16(2,3)4/h6-9,11H,10H2,1-5H3. The lowest BCUT2D eigenvalue weighted by Gasteiger charge is -2.19. The Labute approximate surface area is 155 Å². The molecule has 1 saturated heterocycles. The van der Waals surface area contributed by atoms with Gasteiger partial charge in [-0.1, -0.05) is 49.8 Å². The van der Waals surface area contributed by atoms with Crippen molar-refractivity contribution in [3.63, 3.8) is 0 Å². The van der Waals surface area contributed by atoms with Gasteiger partial charge in [-0.25, -0.2) is 9.10 Å². The highest BCUT2D eigenvalue weighted by molar-refractivity contribution is 8.75. The Balaban J connectivity index is 1.81. The van der Waals surface area contributed by atoms with Gasteiger partial charge in [0, 0.05) is 22.9 Å². The van der Waals surface area contributed by atoms with Crippen LogP contribution in [0.15, 0.2) is 34.3 Å². The van der Waals surface area contributed by atoms with Crippen molar-refractivity contribution in [3.8, 4) is 0 Å². The van der Waals surface area contributed by atoms with E-state index < -0.39 is 6.09 Å². The zero-order valence-electron chi connectivity index (χ0n) is 14.4. The maximum absolute atomic E-state index is 11.9. The fourth-order valence-electron chi connectivity index (χ4n) is 1.77. The van der Waals surface area contributed by atoms with E-state index in [9.17, 15) is 4.79 Å². The lowest BCUT2D eigenvalue weighted by atomic mass is 9.87. The first kappa shape index (κ1) is 19.5. The molecule has 0 spiro atoms. The number of thioether (sulfide) groups is 1. The van der Waals surface area contributed by atoms with Crippen molar-refractivity contribution in [3.05, 3.63) is 29.8 Å². The van der Waals surface area contributed by atoms with Gasteiger partial charge in [-0.3, -0.25) is 4.84 Å². The van der Waals surface area contributed by atoms with Crippen LogP contribution in [0.4, 0.5) is 4.79 Å². The summed E-state index contributed by atoms with van der Waals surface area (Å²) < 4.78 is 6.73. The fourth-order valence-corrected chi connectivity index (χ4v) is 4.20. The smallest absolute Gasteiger partial charge is 0.361 e. The molecule has 0 saturated carbocycles.